The van der Waals surface area contributed by atoms with Crippen molar-refractivity contribution >= 4 is 22.8 Å². The molecule has 0 saturated heterocycles. The maximum atomic E-state index is 5.99. The van der Waals surface area contributed by atoms with Gasteiger partial charge < -0.3 is 10.1 Å². The number of ether oxygens (including phenoxy) is 1. The molecule has 0 unspecified atom stereocenters. The molecule has 0 bridgehead atoms. The van der Waals surface area contributed by atoms with Crippen LogP contribution in [-0.2, 0) is 6.54 Å². The fourth-order valence-corrected chi connectivity index (χ4v) is 3.56. The Balaban J connectivity index is 1.35. The monoisotopic (exact) mass is 377 g/mol. The molecule has 0 aliphatic heterocycles. The van der Waals surface area contributed by atoms with Crippen LogP contribution in [0.25, 0.3) is 17.0 Å². The van der Waals surface area contributed by atoms with Gasteiger partial charge in [0.1, 0.15) is 11.6 Å². The third kappa shape index (κ3) is 3.50. The van der Waals surface area contributed by atoms with Gasteiger partial charge in [0.25, 0.3) is 0 Å². The third-order valence-electron chi connectivity index (χ3n) is 4.65. The third-order valence-corrected chi connectivity index (χ3v) is 5.33. The molecule has 5 rings (SSSR count). The lowest BCUT2D eigenvalue weighted by Gasteiger charge is -2.12. The molecule has 27 heavy (non-hydrogen) atoms. The zero-order chi connectivity index (χ0) is 18.1. The molecule has 0 amide bonds. The number of anilines is 1. The van der Waals surface area contributed by atoms with Crippen LogP contribution in [0.2, 0.25) is 0 Å². The van der Waals surface area contributed by atoms with Crippen LogP contribution in [0.4, 0.5) is 5.82 Å². The van der Waals surface area contributed by atoms with Crippen molar-refractivity contribution in [3.63, 3.8) is 0 Å². The summed E-state index contributed by atoms with van der Waals surface area (Å²) in [6.45, 7) is 1.46. The Morgan fingerprint density at radius 1 is 1.11 bits per heavy atom. The molecule has 1 aromatic carbocycles. The van der Waals surface area contributed by atoms with Gasteiger partial charge in [0, 0.05) is 23.1 Å². The average Bonchev–Trinajstić information content (AvgIpc) is 3.20. The Morgan fingerprint density at radius 2 is 2.04 bits per heavy atom. The summed E-state index contributed by atoms with van der Waals surface area (Å²) in [7, 11) is 0. The number of fused-ring (bicyclic) bond motifs is 1. The number of nitrogens with one attached hydrogen (secondary N) is 1. The van der Waals surface area contributed by atoms with E-state index in [1.807, 2.05) is 47.2 Å². The molecule has 1 aliphatic rings. The lowest BCUT2D eigenvalue weighted by molar-refractivity contribution is 0.297. The maximum absolute atomic E-state index is 5.99. The van der Waals surface area contributed by atoms with Crippen molar-refractivity contribution in [1.29, 1.82) is 0 Å². The molecule has 3 heterocycles. The second-order valence-corrected chi connectivity index (χ2v) is 7.52. The first-order valence-electron chi connectivity index (χ1n) is 9.06. The van der Waals surface area contributed by atoms with Crippen LogP contribution in [0.15, 0.2) is 53.2 Å². The predicted octanol–water partition coefficient (Wildman–Crippen LogP) is 4.25. The Labute approximate surface area is 160 Å². The summed E-state index contributed by atoms with van der Waals surface area (Å²) in [4.78, 5) is 0. The average molecular weight is 377 g/mol. The van der Waals surface area contributed by atoms with E-state index in [-0.39, 0.29) is 0 Å². The predicted molar refractivity (Wildman–Crippen MR) is 106 cm³/mol. The summed E-state index contributed by atoms with van der Waals surface area (Å²) < 4.78 is 7.77. The van der Waals surface area contributed by atoms with E-state index in [9.17, 15) is 0 Å². The molecule has 1 fully saturated rings. The van der Waals surface area contributed by atoms with Crippen LogP contribution >= 0.6 is 11.3 Å². The number of thiophene rings is 1. The van der Waals surface area contributed by atoms with Gasteiger partial charge in [-0.3, -0.25) is 0 Å². The molecule has 6 nitrogen and oxygen atoms in total. The van der Waals surface area contributed by atoms with Gasteiger partial charge in [-0.2, -0.15) is 15.9 Å². The Bertz CT molecular complexity index is 1060. The highest BCUT2D eigenvalue weighted by Crippen LogP contribution is 2.30. The quantitative estimate of drug-likeness (QED) is 0.521. The van der Waals surface area contributed by atoms with E-state index in [1.165, 1.54) is 12.8 Å². The molecule has 1 aliphatic carbocycles. The molecule has 1 saturated carbocycles. The van der Waals surface area contributed by atoms with Gasteiger partial charge in [-0.1, -0.05) is 18.2 Å². The Hall–Kier alpha value is -2.93. The first-order valence-corrected chi connectivity index (χ1v) is 10.0. The zero-order valence-corrected chi connectivity index (χ0v) is 15.5. The normalized spacial score (nSPS) is 13.8. The summed E-state index contributed by atoms with van der Waals surface area (Å²) in [5.41, 5.74) is 2.88. The molecule has 4 aromatic rings. The first kappa shape index (κ1) is 16.3. The largest absolute Gasteiger partial charge is 0.493 e. The van der Waals surface area contributed by atoms with Crippen LogP contribution in [0, 0.1) is 5.92 Å². The fraction of sp³-hybridized carbons (Fsp3) is 0.250. The number of aromatic nitrogens is 4. The SMILES string of the molecule is c1ccc(OCC2CC2)c(CNc2ccc3nnc(-c4ccsc4)n3n2)c1. The molecule has 136 valence electrons. The van der Waals surface area contributed by atoms with Gasteiger partial charge in [-0.25, -0.2) is 0 Å². The van der Waals surface area contributed by atoms with Crippen molar-refractivity contribution in [1.82, 2.24) is 19.8 Å². The molecule has 0 atom stereocenters. The van der Waals surface area contributed by atoms with Crippen LogP contribution in [0.5, 0.6) is 5.75 Å². The van der Waals surface area contributed by atoms with Crippen molar-refractivity contribution in [2.24, 2.45) is 5.92 Å². The standard InChI is InChI=1S/C20H19N5OS/c1-2-4-17(26-12-14-5-6-14)15(3-1)11-21-18-7-8-19-22-23-20(25(19)24-18)16-9-10-27-13-16/h1-4,7-10,13-14H,5-6,11-12H2,(H,21,24). The van der Waals surface area contributed by atoms with Gasteiger partial charge >= 0.3 is 0 Å². The fourth-order valence-electron chi connectivity index (χ4n) is 2.92. The van der Waals surface area contributed by atoms with Crippen LogP contribution in [-0.4, -0.2) is 26.4 Å². The van der Waals surface area contributed by atoms with Gasteiger partial charge in [0.15, 0.2) is 11.5 Å². The number of benzene rings is 1. The summed E-state index contributed by atoms with van der Waals surface area (Å²) in [5, 5.41) is 20.6. The number of para-hydroxylation sites is 1. The molecule has 0 radical (unpaired) electrons. The lowest BCUT2D eigenvalue weighted by atomic mass is 10.2. The van der Waals surface area contributed by atoms with Crippen molar-refractivity contribution in [3.05, 3.63) is 58.8 Å². The van der Waals surface area contributed by atoms with Crippen molar-refractivity contribution in [2.75, 3.05) is 11.9 Å². The van der Waals surface area contributed by atoms with E-state index in [2.05, 4.69) is 26.7 Å². The van der Waals surface area contributed by atoms with Crippen molar-refractivity contribution in [2.45, 2.75) is 19.4 Å². The molecule has 3 aromatic heterocycles. The topological polar surface area (TPSA) is 64.3 Å². The number of nitrogens with zero attached hydrogens (tertiary/aromatic N) is 4. The zero-order valence-electron chi connectivity index (χ0n) is 14.7. The van der Waals surface area contributed by atoms with Gasteiger partial charge in [0.05, 0.1) is 6.61 Å². The van der Waals surface area contributed by atoms with E-state index < -0.39 is 0 Å². The van der Waals surface area contributed by atoms with E-state index in [1.54, 1.807) is 15.9 Å². The lowest BCUT2D eigenvalue weighted by Crippen LogP contribution is -2.07. The van der Waals surface area contributed by atoms with E-state index in [0.29, 0.717) is 6.54 Å². The molecule has 1 N–H and O–H groups in total. The molecular formula is C20H19N5OS. The molecule has 7 heteroatoms. The second-order valence-electron chi connectivity index (χ2n) is 6.74. The molecule has 0 spiro atoms. The van der Waals surface area contributed by atoms with Crippen LogP contribution < -0.4 is 10.1 Å². The summed E-state index contributed by atoms with van der Waals surface area (Å²) in [6.07, 6.45) is 2.57. The highest BCUT2D eigenvalue weighted by Gasteiger charge is 2.22. The Kier molecular flexibility index (Phi) is 4.21. The summed E-state index contributed by atoms with van der Waals surface area (Å²) >= 11 is 1.63. The Morgan fingerprint density at radius 3 is 2.89 bits per heavy atom. The highest BCUT2D eigenvalue weighted by molar-refractivity contribution is 7.08. The summed E-state index contributed by atoms with van der Waals surface area (Å²) in [6, 6.07) is 14.0. The van der Waals surface area contributed by atoms with E-state index >= 15 is 0 Å². The van der Waals surface area contributed by atoms with Crippen LogP contribution in [0.1, 0.15) is 18.4 Å². The number of rotatable bonds is 7. The second kappa shape index (κ2) is 7.00. The smallest absolute Gasteiger partial charge is 0.186 e. The first-order chi connectivity index (χ1) is 13.4. The van der Waals surface area contributed by atoms with E-state index in [0.717, 1.165) is 46.7 Å². The molecular weight excluding hydrogens is 358 g/mol. The maximum Gasteiger partial charge on any atom is 0.186 e. The summed E-state index contributed by atoms with van der Waals surface area (Å²) in [5.74, 6) is 3.21. The van der Waals surface area contributed by atoms with Gasteiger partial charge in [-0.05, 0) is 48.4 Å². The number of hydrogen-bond donors (Lipinski definition) is 1. The van der Waals surface area contributed by atoms with Gasteiger partial charge in [0.2, 0.25) is 0 Å². The van der Waals surface area contributed by atoms with E-state index in [4.69, 9.17) is 4.74 Å². The van der Waals surface area contributed by atoms with Crippen LogP contribution in [0.3, 0.4) is 0 Å². The minimum atomic E-state index is 0.648. The van der Waals surface area contributed by atoms with Gasteiger partial charge in [-0.15, -0.1) is 15.3 Å². The van der Waals surface area contributed by atoms with Crippen molar-refractivity contribution < 1.29 is 4.74 Å². The number of hydrogen-bond acceptors (Lipinski definition) is 6. The van der Waals surface area contributed by atoms with Crippen molar-refractivity contribution in [3.8, 4) is 17.1 Å². The highest BCUT2D eigenvalue weighted by atomic mass is 32.1. The minimum absolute atomic E-state index is 0.648. The minimum Gasteiger partial charge on any atom is -0.493 e.